The van der Waals surface area contributed by atoms with Gasteiger partial charge >= 0.3 is 0 Å². The summed E-state index contributed by atoms with van der Waals surface area (Å²) >= 11 is 0. The van der Waals surface area contributed by atoms with E-state index in [1.165, 1.54) is 0 Å². The van der Waals surface area contributed by atoms with Crippen molar-refractivity contribution in [3.8, 4) is 11.4 Å². The van der Waals surface area contributed by atoms with Crippen LogP contribution in [0.3, 0.4) is 0 Å². The minimum absolute atomic E-state index is 0.170. The normalized spacial score (nSPS) is 15.8. The first-order chi connectivity index (χ1) is 11.2. The van der Waals surface area contributed by atoms with E-state index in [-0.39, 0.29) is 5.91 Å². The number of carbonyl (C=O) groups excluding carboxylic acids is 1. The molecule has 1 saturated heterocycles. The van der Waals surface area contributed by atoms with Crippen molar-refractivity contribution in [3.05, 3.63) is 36.2 Å². The number of aryl methyl sites for hydroxylation is 1. The van der Waals surface area contributed by atoms with E-state index in [1.807, 2.05) is 35.2 Å². The van der Waals surface area contributed by atoms with Crippen molar-refractivity contribution in [2.45, 2.75) is 19.8 Å². The smallest absolute Gasteiger partial charge is 0.227 e. The number of hydrogen-bond donors (Lipinski definition) is 0. The minimum Gasteiger partial charge on any atom is -0.340 e. The van der Waals surface area contributed by atoms with E-state index >= 15 is 0 Å². The molecular weight excluding hydrogens is 292 g/mol. The first kappa shape index (κ1) is 15.7. The topological polar surface area (TPSA) is 62.5 Å². The zero-order chi connectivity index (χ0) is 16.1. The van der Waals surface area contributed by atoms with Gasteiger partial charge in [-0.15, -0.1) is 0 Å². The molecule has 0 radical (unpaired) electrons. The summed E-state index contributed by atoms with van der Waals surface area (Å²) in [7, 11) is 0. The van der Waals surface area contributed by atoms with Crippen LogP contribution in [-0.2, 0) is 11.2 Å². The average Bonchev–Trinajstić information content (AvgIpc) is 3.05. The molecule has 3 rings (SSSR count). The van der Waals surface area contributed by atoms with Crippen molar-refractivity contribution >= 4 is 5.91 Å². The summed E-state index contributed by atoms with van der Waals surface area (Å²) in [5, 5.41) is 4.04. The second-order valence-corrected chi connectivity index (χ2v) is 5.83. The van der Waals surface area contributed by atoms with Crippen molar-refractivity contribution in [2.75, 3.05) is 32.7 Å². The summed E-state index contributed by atoms with van der Waals surface area (Å²) in [6.45, 7) is 6.17. The van der Waals surface area contributed by atoms with Crippen LogP contribution in [0.2, 0.25) is 0 Å². The fourth-order valence-corrected chi connectivity index (χ4v) is 2.80. The zero-order valence-corrected chi connectivity index (χ0v) is 13.4. The van der Waals surface area contributed by atoms with Crippen molar-refractivity contribution in [2.24, 2.45) is 0 Å². The second-order valence-electron chi connectivity index (χ2n) is 5.83. The maximum Gasteiger partial charge on any atom is 0.227 e. The highest BCUT2D eigenvalue weighted by molar-refractivity contribution is 5.73. The molecule has 23 heavy (non-hydrogen) atoms. The van der Waals surface area contributed by atoms with E-state index in [4.69, 9.17) is 4.52 Å². The first-order valence-corrected chi connectivity index (χ1v) is 8.08. The summed E-state index contributed by atoms with van der Waals surface area (Å²) < 4.78 is 5.32. The highest BCUT2D eigenvalue weighted by Gasteiger charge is 2.18. The Labute approximate surface area is 136 Å². The van der Waals surface area contributed by atoms with Gasteiger partial charge in [-0.05, 0) is 13.0 Å². The van der Waals surface area contributed by atoms with Gasteiger partial charge in [0.05, 0.1) is 0 Å². The van der Waals surface area contributed by atoms with Crippen LogP contribution in [0.4, 0.5) is 0 Å². The molecule has 0 bridgehead atoms. The molecule has 1 aromatic heterocycles. The number of piperazine rings is 1. The molecule has 2 aromatic rings. The molecule has 0 aliphatic carbocycles. The van der Waals surface area contributed by atoms with E-state index in [0.717, 1.165) is 51.1 Å². The quantitative estimate of drug-likeness (QED) is 0.842. The van der Waals surface area contributed by atoms with Gasteiger partial charge in [-0.3, -0.25) is 9.69 Å². The molecule has 6 heteroatoms. The second kappa shape index (κ2) is 7.37. The van der Waals surface area contributed by atoms with Gasteiger partial charge in [-0.2, -0.15) is 4.98 Å². The Bertz CT molecular complexity index is 633. The fourth-order valence-electron chi connectivity index (χ4n) is 2.80. The van der Waals surface area contributed by atoms with Crippen LogP contribution in [0, 0.1) is 0 Å². The van der Waals surface area contributed by atoms with Crippen molar-refractivity contribution < 1.29 is 9.32 Å². The Morgan fingerprint density at radius 2 is 1.91 bits per heavy atom. The number of carbonyl (C=O) groups is 1. The van der Waals surface area contributed by atoms with E-state index in [9.17, 15) is 4.79 Å². The third-order valence-corrected chi connectivity index (χ3v) is 4.18. The Morgan fingerprint density at radius 1 is 1.17 bits per heavy atom. The van der Waals surface area contributed by atoms with Crippen LogP contribution >= 0.6 is 0 Å². The molecule has 0 N–H and O–H groups in total. The molecule has 1 amide bonds. The largest absolute Gasteiger partial charge is 0.340 e. The SMILES string of the molecule is CC(=O)N1CCN(CCCc2nc(-c3ccccc3)no2)CC1. The number of nitrogens with zero attached hydrogens (tertiary/aromatic N) is 4. The van der Waals surface area contributed by atoms with E-state index in [2.05, 4.69) is 15.0 Å². The molecule has 1 fully saturated rings. The molecule has 0 saturated carbocycles. The highest BCUT2D eigenvalue weighted by atomic mass is 16.5. The Hall–Kier alpha value is -2.21. The van der Waals surface area contributed by atoms with Gasteiger partial charge in [-0.1, -0.05) is 35.5 Å². The Morgan fingerprint density at radius 3 is 2.61 bits per heavy atom. The van der Waals surface area contributed by atoms with Crippen molar-refractivity contribution in [1.82, 2.24) is 19.9 Å². The molecule has 6 nitrogen and oxygen atoms in total. The molecule has 1 aromatic carbocycles. The van der Waals surface area contributed by atoms with Crippen LogP contribution < -0.4 is 0 Å². The highest BCUT2D eigenvalue weighted by Crippen LogP contribution is 2.15. The van der Waals surface area contributed by atoms with Gasteiger partial charge in [0.25, 0.3) is 0 Å². The van der Waals surface area contributed by atoms with E-state index in [0.29, 0.717) is 11.7 Å². The van der Waals surface area contributed by atoms with Crippen LogP contribution in [0.1, 0.15) is 19.2 Å². The van der Waals surface area contributed by atoms with Gasteiger partial charge in [0, 0.05) is 45.1 Å². The van der Waals surface area contributed by atoms with Gasteiger partial charge in [0.1, 0.15) is 0 Å². The molecule has 0 spiro atoms. The third kappa shape index (κ3) is 4.16. The lowest BCUT2D eigenvalue weighted by Gasteiger charge is -2.34. The molecule has 122 valence electrons. The van der Waals surface area contributed by atoms with Crippen LogP contribution in [0.5, 0.6) is 0 Å². The lowest BCUT2D eigenvalue weighted by atomic mass is 10.2. The van der Waals surface area contributed by atoms with Crippen molar-refractivity contribution in [3.63, 3.8) is 0 Å². The van der Waals surface area contributed by atoms with Crippen LogP contribution in [0.15, 0.2) is 34.9 Å². The lowest BCUT2D eigenvalue weighted by Crippen LogP contribution is -2.48. The van der Waals surface area contributed by atoms with Gasteiger partial charge in [-0.25, -0.2) is 0 Å². The fraction of sp³-hybridized carbons (Fsp3) is 0.471. The monoisotopic (exact) mass is 314 g/mol. The summed E-state index contributed by atoms with van der Waals surface area (Å²) in [5.74, 6) is 1.51. The molecule has 1 aliphatic rings. The van der Waals surface area contributed by atoms with E-state index < -0.39 is 0 Å². The van der Waals surface area contributed by atoms with Gasteiger partial charge in [0.2, 0.25) is 17.6 Å². The number of amides is 1. The summed E-state index contributed by atoms with van der Waals surface area (Å²) in [6, 6.07) is 9.85. The number of rotatable bonds is 5. The average molecular weight is 314 g/mol. The van der Waals surface area contributed by atoms with E-state index in [1.54, 1.807) is 6.92 Å². The lowest BCUT2D eigenvalue weighted by molar-refractivity contribution is -0.130. The number of benzene rings is 1. The van der Waals surface area contributed by atoms with Gasteiger partial charge in [0.15, 0.2) is 0 Å². The van der Waals surface area contributed by atoms with Gasteiger partial charge < -0.3 is 9.42 Å². The molecule has 0 unspecified atom stereocenters. The maximum absolute atomic E-state index is 11.3. The molecule has 0 atom stereocenters. The molecular formula is C17H22N4O2. The summed E-state index contributed by atoms with van der Waals surface area (Å²) in [6.07, 6.45) is 1.77. The van der Waals surface area contributed by atoms with Crippen molar-refractivity contribution in [1.29, 1.82) is 0 Å². The maximum atomic E-state index is 11.3. The predicted molar refractivity (Wildman–Crippen MR) is 86.7 cm³/mol. The van der Waals surface area contributed by atoms with Crippen LogP contribution in [0.25, 0.3) is 11.4 Å². The molecule has 1 aliphatic heterocycles. The predicted octanol–water partition coefficient (Wildman–Crippen LogP) is 1.83. The molecule has 2 heterocycles. The third-order valence-electron chi connectivity index (χ3n) is 4.18. The zero-order valence-electron chi connectivity index (χ0n) is 13.4. The Balaban J connectivity index is 1.43. The summed E-state index contributed by atoms with van der Waals surface area (Å²) in [4.78, 5) is 20.0. The summed E-state index contributed by atoms with van der Waals surface area (Å²) in [5.41, 5.74) is 0.975. The minimum atomic E-state index is 0.170. The number of aromatic nitrogens is 2. The number of hydrogen-bond acceptors (Lipinski definition) is 5. The van der Waals surface area contributed by atoms with Crippen LogP contribution in [-0.4, -0.2) is 58.6 Å². The standard InChI is InChI=1S/C17H22N4O2/c1-14(22)21-12-10-20(11-13-21)9-5-8-16-18-17(19-23-16)15-6-3-2-4-7-15/h2-4,6-7H,5,8-13H2,1H3. The Kier molecular flexibility index (Phi) is 5.02. The first-order valence-electron chi connectivity index (χ1n) is 8.08.